The molecule has 0 saturated carbocycles. The van der Waals surface area contributed by atoms with E-state index in [0.717, 1.165) is 11.3 Å². The van der Waals surface area contributed by atoms with Gasteiger partial charge in [-0.1, -0.05) is 12.1 Å². The average molecular weight is 251 g/mol. The molecule has 0 spiro atoms. The highest BCUT2D eigenvalue weighted by Gasteiger charge is 2.10. The zero-order valence-electron chi connectivity index (χ0n) is 11.4. The van der Waals surface area contributed by atoms with Gasteiger partial charge >= 0.3 is 0 Å². The van der Waals surface area contributed by atoms with Gasteiger partial charge in [-0.15, -0.1) is 0 Å². The van der Waals surface area contributed by atoms with Crippen LogP contribution in [0.15, 0.2) is 24.3 Å². The Morgan fingerprint density at radius 2 is 2.06 bits per heavy atom. The molecule has 1 aromatic carbocycles. The van der Waals surface area contributed by atoms with Crippen molar-refractivity contribution in [2.24, 2.45) is 0 Å². The summed E-state index contributed by atoms with van der Waals surface area (Å²) in [5.41, 5.74) is 1.01. The number of methoxy groups -OCH3 is 1. The van der Waals surface area contributed by atoms with Gasteiger partial charge in [0.25, 0.3) is 0 Å². The van der Waals surface area contributed by atoms with E-state index >= 15 is 0 Å². The Morgan fingerprint density at radius 1 is 1.33 bits per heavy atom. The van der Waals surface area contributed by atoms with Crippen LogP contribution in [0.1, 0.15) is 32.4 Å². The fraction of sp³-hybridized carbons (Fsp3) is 0.500. The molecule has 0 aromatic heterocycles. The highest BCUT2D eigenvalue weighted by Crippen LogP contribution is 2.18. The first-order valence-electron chi connectivity index (χ1n) is 6.08. The molecule has 18 heavy (non-hydrogen) atoms. The number of nitrogens with one attached hydrogen (secondary N) is 1. The molecule has 1 rings (SSSR count). The van der Waals surface area contributed by atoms with E-state index in [1.807, 2.05) is 45.0 Å². The van der Waals surface area contributed by atoms with Crippen molar-refractivity contribution in [3.8, 4) is 5.75 Å². The smallest absolute Gasteiger partial charge is 0.246 e. The fourth-order valence-corrected chi connectivity index (χ4v) is 1.52. The third-order valence-corrected chi connectivity index (χ3v) is 2.52. The van der Waals surface area contributed by atoms with Gasteiger partial charge in [0, 0.05) is 0 Å². The molecule has 1 amide bonds. The number of carbonyl (C=O) groups excluding carboxylic acids is 1. The van der Waals surface area contributed by atoms with Crippen molar-refractivity contribution >= 4 is 5.91 Å². The summed E-state index contributed by atoms with van der Waals surface area (Å²) in [5, 5.41) is 2.88. The minimum atomic E-state index is -0.112. The molecule has 1 atom stereocenters. The summed E-state index contributed by atoms with van der Waals surface area (Å²) in [7, 11) is 1.62. The Morgan fingerprint density at radius 3 is 2.67 bits per heavy atom. The van der Waals surface area contributed by atoms with E-state index in [0.29, 0.717) is 0 Å². The first kappa shape index (κ1) is 14.5. The summed E-state index contributed by atoms with van der Waals surface area (Å²) in [4.78, 5) is 11.6. The summed E-state index contributed by atoms with van der Waals surface area (Å²) in [6, 6.07) is 7.58. The predicted molar refractivity (Wildman–Crippen MR) is 70.6 cm³/mol. The van der Waals surface area contributed by atoms with E-state index in [4.69, 9.17) is 9.47 Å². The molecule has 0 aliphatic rings. The van der Waals surface area contributed by atoms with Crippen molar-refractivity contribution in [2.45, 2.75) is 32.9 Å². The number of carbonyl (C=O) groups is 1. The lowest BCUT2D eigenvalue weighted by molar-refractivity contribution is -0.127. The van der Waals surface area contributed by atoms with E-state index in [1.54, 1.807) is 7.11 Å². The number of amides is 1. The Bertz CT molecular complexity index is 390. The van der Waals surface area contributed by atoms with Crippen LogP contribution in [0.5, 0.6) is 5.75 Å². The maximum absolute atomic E-state index is 11.6. The minimum absolute atomic E-state index is 0.0582. The van der Waals surface area contributed by atoms with Gasteiger partial charge in [0.2, 0.25) is 5.91 Å². The van der Waals surface area contributed by atoms with Crippen molar-refractivity contribution in [1.82, 2.24) is 5.32 Å². The molecule has 0 bridgehead atoms. The molecular formula is C14H21NO3. The van der Waals surface area contributed by atoms with E-state index in [1.165, 1.54) is 0 Å². The molecule has 0 aliphatic heterocycles. The molecule has 0 aliphatic carbocycles. The lowest BCUT2D eigenvalue weighted by Gasteiger charge is -2.16. The first-order valence-corrected chi connectivity index (χ1v) is 6.08. The van der Waals surface area contributed by atoms with Crippen LogP contribution in [-0.2, 0) is 9.53 Å². The summed E-state index contributed by atoms with van der Waals surface area (Å²) < 4.78 is 10.4. The molecule has 0 fully saturated rings. The molecule has 1 N–H and O–H groups in total. The van der Waals surface area contributed by atoms with Crippen LogP contribution in [0.3, 0.4) is 0 Å². The monoisotopic (exact) mass is 251 g/mol. The van der Waals surface area contributed by atoms with Gasteiger partial charge in [0.15, 0.2) is 0 Å². The highest BCUT2D eigenvalue weighted by atomic mass is 16.5. The molecule has 1 aromatic rings. The Kier molecular flexibility index (Phi) is 5.65. The van der Waals surface area contributed by atoms with Crippen LogP contribution < -0.4 is 10.1 Å². The molecule has 0 radical (unpaired) electrons. The van der Waals surface area contributed by atoms with Gasteiger partial charge in [0.1, 0.15) is 12.4 Å². The maximum Gasteiger partial charge on any atom is 0.246 e. The number of hydrogen-bond donors (Lipinski definition) is 1. The highest BCUT2D eigenvalue weighted by molar-refractivity contribution is 5.77. The van der Waals surface area contributed by atoms with Crippen LogP contribution in [0, 0.1) is 0 Å². The van der Waals surface area contributed by atoms with Gasteiger partial charge in [-0.2, -0.15) is 0 Å². The summed E-state index contributed by atoms with van der Waals surface area (Å²) in [6.45, 7) is 5.82. The van der Waals surface area contributed by atoms with E-state index in [9.17, 15) is 4.79 Å². The van der Waals surface area contributed by atoms with Crippen LogP contribution in [0.2, 0.25) is 0 Å². The quantitative estimate of drug-likeness (QED) is 0.844. The van der Waals surface area contributed by atoms with Crippen LogP contribution in [-0.4, -0.2) is 25.7 Å². The Labute approximate surface area is 108 Å². The van der Waals surface area contributed by atoms with E-state index in [2.05, 4.69) is 5.32 Å². The zero-order chi connectivity index (χ0) is 13.5. The predicted octanol–water partition coefficient (Wildman–Crippen LogP) is 2.30. The van der Waals surface area contributed by atoms with Gasteiger partial charge in [-0.25, -0.2) is 0 Å². The second-order valence-electron chi connectivity index (χ2n) is 4.43. The molecule has 4 heteroatoms. The Hall–Kier alpha value is -1.55. The molecule has 0 heterocycles. The lowest BCUT2D eigenvalue weighted by Crippen LogP contribution is -2.31. The summed E-state index contributed by atoms with van der Waals surface area (Å²) in [5.74, 6) is 0.672. The zero-order valence-corrected chi connectivity index (χ0v) is 11.4. The molecule has 100 valence electrons. The van der Waals surface area contributed by atoms with Crippen molar-refractivity contribution in [1.29, 1.82) is 0 Å². The van der Waals surface area contributed by atoms with E-state index < -0.39 is 0 Å². The van der Waals surface area contributed by atoms with Crippen LogP contribution in [0.25, 0.3) is 0 Å². The summed E-state index contributed by atoms with van der Waals surface area (Å²) in [6.07, 6.45) is 0.0582. The van der Waals surface area contributed by atoms with Gasteiger partial charge in [-0.05, 0) is 38.5 Å². The Balaban J connectivity index is 2.53. The van der Waals surface area contributed by atoms with Gasteiger partial charge in [-0.3, -0.25) is 4.79 Å². The van der Waals surface area contributed by atoms with Crippen LogP contribution >= 0.6 is 0 Å². The number of rotatable bonds is 6. The SMILES string of the molecule is COc1cccc([C@@H](C)NC(=O)COC(C)C)c1. The standard InChI is InChI=1S/C14H21NO3/c1-10(2)18-9-14(16)15-11(3)12-6-5-7-13(8-12)17-4/h5-8,10-11H,9H2,1-4H3,(H,15,16)/t11-/m1/s1. The number of benzene rings is 1. The maximum atomic E-state index is 11.6. The minimum Gasteiger partial charge on any atom is -0.497 e. The van der Waals surface area contributed by atoms with Crippen molar-refractivity contribution in [3.05, 3.63) is 29.8 Å². The van der Waals surface area contributed by atoms with E-state index in [-0.39, 0.29) is 24.7 Å². The number of ether oxygens (including phenoxy) is 2. The molecule has 0 saturated heterocycles. The normalized spacial score (nSPS) is 12.3. The third-order valence-electron chi connectivity index (χ3n) is 2.52. The van der Waals surface area contributed by atoms with Crippen LogP contribution in [0.4, 0.5) is 0 Å². The topological polar surface area (TPSA) is 47.6 Å². The fourth-order valence-electron chi connectivity index (χ4n) is 1.52. The molecular weight excluding hydrogens is 230 g/mol. The van der Waals surface area contributed by atoms with Crippen molar-refractivity contribution in [3.63, 3.8) is 0 Å². The first-order chi connectivity index (χ1) is 8.52. The largest absolute Gasteiger partial charge is 0.497 e. The summed E-state index contributed by atoms with van der Waals surface area (Å²) >= 11 is 0. The second-order valence-corrected chi connectivity index (χ2v) is 4.43. The molecule has 0 unspecified atom stereocenters. The lowest BCUT2D eigenvalue weighted by atomic mass is 10.1. The second kappa shape index (κ2) is 7.01. The third kappa shape index (κ3) is 4.75. The van der Waals surface area contributed by atoms with Gasteiger partial charge < -0.3 is 14.8 Å². The number of hydrogen-bond acceptors (Lipinski definition) is 3. The van der Waals surface area contributed by atoms with Crippen molar-refractivity contribution < 1.29 is 14.3 Å². The average Bonchev–Trinajstić information content (AvgIpc) is 2.36. The molecule has 4 nitrogen and oxygen atoms in total. The van der Waals surface area contributed by atoms with Gasteiger partial charge in [0.05, 0.1) is 19.3 Å². The van der Waals surface area contributed by atoms with Crippen molar-refractivity contribution in [2.75, 3.05) is 13.7 Å².